The molecule has 1 aromatic rings. The Balaban J connectivity index is 0.00000484. The van der Waals surface area contributed by atoms with Gasteiger partial charge in [-0.25, -0.2) is 0 Å². The van der Waals surface area contributed by atoms with Crippen molar-refractivity contribution in [2.75, 3.05) is 13.7 Å². The van der Waals surface area contributed by atoms with Crippen molar-refractivity contribution in [3.8, 4) is 0 Å². The van der Waals surface area contributed by atoms with Crippen LogP contribution in [0.1, 0.15) is 38.1 Å². The Morgan fingerprint density at radius 1 is 1.35 bits per heavy atom. The second-order valence-corrected chi connectivity index (χ2v) is 12.8. The van der Waals surface area contributed by atoms with Crippen LogP contribution in [0.15, 0.2) is 18.2 Å². The van der Waals surface area contributed by atoms with E-state index in [9.17, 15) is 4.79 Å². The Bertz CT molecular complexity index is 520. The van der Waals surface area contributed by atoms with Gasteiger partial charge in [-0.15, -0.1) is 29.5 Å². The molecule has 0 aliphatic heterocycles. The minimum Gasteiger partial charge on any atom is -0.362 e. The minimum atomic E-state index is -1.61. The van der Waals surface area contributed by atoms with Crippen LogP contribution >= 0.6 is 0 Å². The number of benzene rings is 1. The molecule has 0 aliphatic carbocycles. The van der Waals surface area contributed by atoms with Gasteiger partial charge in [-0.05, 0) is 6.92 Å². The molecule has 0 saturated carbocycles. The fourth-order valence-electron chi connectivity index (χ4n) is 2.75. The maximum absolute atomic E-state index is 13.1. The average Bonchev–Trinajstić information content (AvgIpc) is 2.41. The summed E-state index contributed by atoms with van der Waals surface area (Å²) in [6.45, 7) is 15.6. The number of hydrogen-bond donors (Lipinski definition) is 0. The molecule has 1 atom stereocenters. The molecule has 0 N–H and O–H groups in total. The smallest absolute Gasteiger partial charge is 0.362 e. The van der Waals surface area contributed by atoms with Crippen molar-refractivity contribution in [1.82, 2.24) is 4.90 Å². The zero-order valence-corrected chi connectivity index (χ0v) is 17.3. The van der Waals surface area contributed by atoms with Gasteiger partial charge in [0.15, 0.2) is 5.91 Å². The summed E-state index contributed by atoms with van der Waals surface area (Å²) >= 11 is 0. The van der Waals surface area contributed by atoms with Crippen LogP contribution in [0.25, 0.3) is 0 Å². The van der Waals surface area contributed by atoms with Crippen molar-refractivity contribution in [3.05, 3.63) is 29.8 Å². The van der Waals surface area contributed by atoms with Gasteiger partial charge in [0.25, 0.3) is 0 Å². The minimum absolute atomic E-state index is 0. The molecule has 0 fully saturated rings. The predicted molar refractivity (Wildman–Crippen MR) is 95.2 cm³/mol. The first-order valence-electron chi connectivity index (χ1n) is 7.89. The average molecular weight is 339 g/mol. The maximum Gasteiger partial charge on any atom is 1.00 e. The molecular weight excluding hydrogens is 309 g/mol. The number of carbonyl (C=O) groups is 1. The zero-order chi connectivity index (χ0) is 17.1. The molecule has 1 rings (SSSR count). The van der Waals surface area contributed by atoms with Crippen LogP contribution in [-0.4, -0.2) is 38.8 Å². The van der Waals surface area contributed by atoms with E-state index in [4.69, 9.17) is 4.74 Å². The maximum atomic E-state index is 13.1. The Labute approximate surface area is 155 Å². The molecule has 0 aliphatic rings. The van der Waals surface area contributed by atoms with Crippen molar-refractivity contribution >= 4 is 19.2 Å². The zero-order valence-electron chi connectivity index (χ0n) is 16.3. The molecule has 1 amide bonds. The van der Waals surface area contributed by atoms with E-state index < -0.39 is 8.07 Å². The van der Waals surface area contributed by atoms with E-state index in [1.807, 2.05) is 24.0 Å². The van der Waals surface area contributed by atoms with Crippen LogP contribution < -0.4 is 24.0 Å². The Morgan fingerprint density at radius 3 is 2.30 bits per heavy atom. The summed E-state index contributed by atoms with van der Waals surface area (Å²) in [4.78, 5) is 14.9. The fourth-order valence-corrected chi connectivity index (χ4v) is 4.27. The first kappa shape index (κ1) is 22.5. The Morgan fingerprint density at radius 2 is 1.91 bits per heavy atom. The first-order valence-corrected chi connectivity index (χ1v) is 11.4. The van der Waals surface area contributed by atoms with Crippen LogP contribution in [0.2, 0.25) is 19.6 Å². The van der Waals surface area contributed by atoms with Crippen molar-refractivity contribution < 1.29 is 28.4 Å². The SMILES string of the molecule is CCN(C(=O)[14c]1[14c-][14cH][14cH][14cH][14c]1[Si](C)(C)C)C(OC)C(C)(C)C.[Li+]. The number of nitrogens with zero attached hydrogens (tertiary/aromatic N) is 1. The molecule has 3 nitrogen and oxygen atoms in total. The summed E-state index contributed by atoms with van der Waals surface area (Å²) < 4.78 is 5.64. The quantitative estimate of drug-likeness (QED) is 0.445. The molecule has 0 radical (unpaired) electrons. The van der Waals surface area contributed by atoms with Crippen LogP contribution in [-0.2, 0) is 4.74 Å². The molecular formula is C18H30LiNO2Si. The summed E-state index contributed by atoms with van der Waals surface area (Å²) in [5.74, 6) is 0.0160. The van der Waals surface area contributed by atoms with E-state index in [1.165, 1.54) is 0 Å². The van der Waals surface area contributed by atoms with Crippen molar-refractivity contribution in [2.24, 2.45) is 5.41 Å². The summed E-state index contributed by atoms with van der Waals surface area (Å²) in [7, 11) is 0.0570. The number of carbonyl (C=O) groups excluding carboxylic acids is 1. The summed E-state index contributed by atoms with van der Waals surface area (Å²) in [6, 6.07) is 9.04. The second kappa shape index (κ2) is 8.53. The molecule has 124 valence electrons. The largest absolute Gasteiger partial charge is 1.00 e. The third kappa shape index (κ3) is 5.50. The van der Waals surface area contributed by atoms with Crippen LogP contribution in [0, 0.1) is 11.5 Å². The van der Waals surface area contributed by atoms with E-state index in [0.717, 1.165) is 5.19 Å². The van der Waals surface area contributed by atoms with E-state index in [-0.39, 0.29) is 36.4 Å². The normalized spacial score (nSPS) is 13.2. The van der Waals surface area contributed by atoms with Crippen molar-refractivity contribution in [1.29, 1.82) is 0 Å². The standard InChI is InChI=1S/C18H30NO2Si.Li/c1-9-19(17(21-5)18(2,3)4)16(20)14-12-10-11-13-15(14)22(6,7)8;/h10-11,13,17H,9H2,1-8H3;/q-1;+1/i10+2,11+2,12+2,13+2,14+2,15+2;. The second-order valence-electron chi connectivity index (χ2n) is 7.75. The topological polar surface area (TPSA) is 29.5 Å². The van der Waals surface area contributed by atoms with Gasteiger partial charge in [-0.1, -0.05) is 46.0 Å². The molecule has 0 spiro atoms. The van der Waals surface area contributed by atoms with Gasteiger partial charge in [-0.2, -0.15) is 0 Å². The monoisotopic (exact) mass is 339 g/mol. The van der Waals surface area contributed by atoms with Crippen LogP contribution in [0.4, 0.5) is 0 Å². The first-order chi connectivity index (χ1) is 10.0. The molecule has 23 heavy (non-hydrogen) atoms. The summed E-state index contributed by atoms with van der Waals surface area (Å²) in [5.41, 5.74) is 0.559. The summed E-state index contributed by atoms with van der Waals surface area (Å²) in [5, 5.41) is 1.15. The fraction of sp³-hybridized carbons (Fsp3) is 0.611. The molecule has 1 unspecified atom stereocenters. The third-order valence-corrected chi connectivity index (χ3v) is 5.76. The van der Waals surface area contributed by atoms with Crippen molar-refractivity contribution in [3.63, 3.8) is 0 Å². The number of hydrogen-bond acceptors (Lipinski definition) is 2. The van der Waals surface area contributed by atoms with Crippen LogP contribution in [0.3, 0.4) is 0 Å². The molecule has 0 heterocycles. The van der Waals surface area contributed by atoms with Gasteiger partial charge >= 0.3 is 18.9 Å². The third-order valence-electron chi connectivity index (χ3n) is 3.73. The van der Waals surface area contributed by atoms with E-state index in [0.29, 0.717) is 12.1 Å². The van der Waals surface area contributed by atoms with Gasteiger partial charge < -0.3 is 14.4 Å². The number of ether oxygens (including phenoxy) is 1. The van der Waals surface area contributed by atoms with Gasteiger partial charge in [0.05, 0.1) is 0 Å². The Hall–Kier alpha value is -0.536. The number of methoxy groups -OCH3 is 1. The van der Waals surface area contributed by atoms with Gasteiger partial charge in [0.2, 0.25) is 0 Å². The molecule has 0 saturated heterocycles. The van der Waals surface area contributed by atoms with Gasteiger partial charge in [0, 0.05) is 27.1 Å². The molecule has 0 bridgehead atoms. The van der Waals surface area contributed by atoms with Gasteiger partial charge in [0.1, 0.15) is 6.23 Å². The van der Waals surface area contributed by atoms with Crippen LogP contribution in [0.5, 0.6) is 0 Å². The van der Waals surface area contributed by atoms with E-state index in [2.05, 4.69) is 52.5 Å². The van der Waals surface area contributed by atoms with E-state index in [1.54, 1.807) is 7.11 Å². The molecule has 5 heteroatoms. The van der Waals surface area contributed by atoms with Crippen molar-refractivity contribution in [2.45, 2.75) is 53.6 Å². The Kier molecular flexibility index (Phi) is 8.33. The molecule has 1 aromatic carbocycles. The summed E-state index contributed by atoms with van der Waals surface area (Å²) in [6.07, 6.45) is -0.256. The number of rotatable bonds is 5. The molecule has 0 aromatic heterocycles. The van der Waals surface area contributed by atoms with E-state index >= 15 is 0 Å². The number of amides is 1. The van der Waals surface area contributed by atoms with Gasteiger partial charge in [-0.3, -0.25) is 0 Å². The predicted octanol–water partition coefficient (Wildman–Crippen LogP) is 0.517.